The highest BCUT2D eigenvalue weighted by molar-refractivity contribution is 7.85. The van der Waals surface area contributed by atoms with Gasteiger partial charge in [0.2, 0.25) is 0 Å². The van der Waals surface area contributed by atoms with Gasteiger partial charge in [-0.2, -0.15) is 0 Å². The zero-order chi connectivity index (χ0) is 13.5. The number of hydrogen-bond acceptors (Lipinski definition) is 2. The van der Waals surface area contributed by atoms with Gasteiger partial charge in [-0.25, -0.2) is 8.78 Å². The van der Waals surface area contributed by atoms with Crippen LogP contribution in [0.15, 0.2) is 23.1 Å². The van der Waals surface area contributed by atoms with Gasteiger partial charge in [0, 0.05) is 16.7 Å². The van der Waals surface area contributed by atoms with Crippen molar-refractivity contribution < 1.29 is 13.0 Å². The first kappa shape index (κ1) is 15.2. The highest BCUT2D eigenvalue weighted by atomic mass is 32.2. The topological polar surface area (TPSA) is 29.1 Å². The van der Waals surface area contributed by atoms with Gasteiger partial charge in [-0.3, -0.25) is 4.21 Å². The number of benzene rings is 1. The van der Waals surface area contributed by atoms with Gasteiger partial charge in [0.05, 0.1) is 10.8 Å². The van der Waals surface area contributed by atoms with E-state index in [1.807, 2.05) is 6.92 Å². The Hall–Kier alpha value is -0.810. The summed E-state index contributed by atoms with van der Waals surface area (Å²) in [6, 6.07) is 3.79. The van der Waals surface area contributed by atoms with E-state index in [4.69, 9.17) is 0 Å². The Morgan fingerprint density at radius 1 is 1.33 bits per heavy atom. The van der Waals surface area contributed by atoms with Gasteiger partial charge in [-0.05, 0) is 44.5 Å². The Kier molecular flexibility index (Phi) is 6.43. The average molecular weight is 275 g/mol. The van der Waals surface area contributed by atoms with Crippen LogP contribution >= 0.6 is 0 Å². The lowest BCUT2D eigenvalue weighted by Gasteiger charge is -2.11. The molecule has 1 rings (SSSR count). The Morgan fingerprint density at radius 2 is 2.06 bits per heavy atom. The van der Waals surface area contributed by atoms with E-state index in [2.05, 4.69) is 12.2 Å². The Morgan fingerprint density at radius 3 is 2.67 bits per heavy atom. The Balaban J connectivity index is 2.43. The lowest BCUT2D eigenvalue weighted by Crippen LogP contribution is -2.25. The van der Waals surface area contributed by atoms with Gasteiger partial charge in [-0.15, -0.1) is 0 Å². The van der Waals surface area contributed by atoms with E-state index >= 15 is 0 Å². The highest BCUT2D eigenvalue weighted by Gasteiger charge is 2.09. The summed E-state index contributed by atoms with van der Waals surface area (Å²) in [4.78, 5) is 0.352. The van der Waals surface area contributed by atoms with Crippen LogP contribution in [0.25, 0.3) is 0 Å². The third-order valence-corrected chi connectivity index (χ3v) is 4.11. The average Bonchev–Trinajstić information content (AvgIpc) is 2.33. The molecule has 5 heteroatoms. The van der Waals surface area contributed by atoms with Crippen LogP contribution in [-0.2, 0) is 10.8 Å². The van der Waals surface area contributed by atoms with Crippen LogP contribution in [0, 0.1) is 11.6 Å². The molecular weight excluding hydrogens is 256 g/mol. The van der Waals surface area contributed by atoms with Crippen molar-refractivity contribution in [2.24, 2.45) is 0 Å². The van der Waals surface area contributed by atoms with Crippen molar-refractivity contribution >= 4 is 10.8 Å². The van der Waals surface area contributed by atoms with Crippen molar-refractivity contribution in [3.05, 3.63) is 29.8 Å². The largest absolute Gasteiger partial charge is 0.315 e. The minimum Gasteiger partial charge on any atom is -0.315 e. The fourth-order valence-electron chi connectivity index (χ4n) is 1.71. The molecule has 0 fully saturated rings. The molecule has 0 saturated carbocycles. The first-order valence-corrected chi connectivity index (χ1v) is 7.43. The molecule has 0 aliphatic carbocycles. The van der Waals surface area contributed by atoms with E-state index in [0.29, 0.717) is 16.7 Å². The van der Waals surface area contributed by atoms with Crippen LogP contribution in [0.2, 0.25) is 0 Å². The monoisotopic (exact) mass is 275 g/mol. The SMILES string of the molecule is CCNC(C)CCCS(=O)c1ccc(F)c(F)c1. The summed E-state index contributed by atoms with van der Waals surface area (Å²) in [5, 5.41) is 3.27. The van der Waals surface area contributed by atoms with Crippen LogP contribution in [0.1, 0.15) is 26.7 Å². The fraction of sp³-hybridized carbons (Fsp3) is 0.538. The fourth-order valence-corrected chi connectivity index (χ4v) is 2.83. The van der Waals surface area contributed by atoms with Crippen LogP contribution in [0.4, 0.5) is 8.78 Å². The van der Waals surface area contributed by atoms with Crippen molar-refractivity contribution in [3.63, 3.8) is 0 Å². The quantitative estimate of drug-likeness (QED) is 0.829. The van der Waals surface area contributed by atoms with Crippen LogP contribution in [0.5, 0.6) is 0 Å². The second-order valence-electron chi connectivity index (χ2n) is 4.23. The second-order valence-corrected chi connectivity index (χ2v) is 5.80. The summed E-state index contributed by atoms with van der Waals surface area (Å²) in [5.74, 6) is -1.38. The van der Waals surface area contributed by atoms with Crippen molar-refractivity contribution in [2.45, 2.75) is 37.6 Å². The molecule has 0 radical (unpaired) electrons. The molecule has 1 aromatic rings. The van der Waals surface area contributed by atoms with Crippen molar-refractivity contribution in [1.29, 1.82) is 0 Å². The van der Waals surface area contributed by atoms with Crippen molar-refractivity contribution in [2.75, 3.05) is 12.3 Å². The predicted octanol–water partition coefficient (Wildman–Crippen LogP) is 2.85. The van der Waals surface area contributed by atoms with E-state index in [0.717, 1.165) is 31.5 Å². The molecular formula is C13H19F2NOS. The van der Waals surface area contributed by atoms with Gasteiger partial charge >= 0.3 is 0 Å². The van der Waals surface area contributed by atoms with Gasteiger partial charge in [-0.1, -0.05) is 6.92 Å². The van der Waals surface area contributed by atoms with E-state index in [9.17, 15) is 13.0 Å². The lowest BCUT2D eigenvalue weighted by molar-refractivity contribution is 0.505. The van der Waals surface area contributed by atoms with Gasteiger partial charge in [0.1, 0.15) is 0 Å². The molecule has 0 amide bonds. The van der Waals surface area contributed by atoms with E-state index < -0.39 is 22.4 Å². The second kappa shape index (κ2) is 7.59. The molecule has 1 N–H and O–H groups in total. The molecule has 0 aliphatic rings. The maximum Gasteiger partial charge on any atom is 0.160 e. The van der Waals surface area contributed by atoms with Crippen molar-refractivity contribution in [1.82, 2.24) is 5.32 Å². The molecule has 0 spiro atoms. The zero-order valence-electron chi connectivity index (χ0n) is 10.7. The van der Waals surface area contributed by atoms with E-state index in [1.54, 1.807) is 0 Å². The standard InChI is InChI=1S/C13H19F2NOS/c1-3-16-10(2)5-4-8-18(17)11-6-7-12(14)13(15)9-11/h6-7,9-10,16H,3-5,8H2,1-2H3. The number of rotatable bonds is 7. The molecule has 0 bridgehead atoms. The molecule has 1 aromatic carbocycles. The smallest absolute Gasteiger partial charge is 0.160 e. The van der Waals surface area contributed by atoms with Crippen molar-refractivity contribution in [3.8, 4) is 0 Å². The molecule has 0 aromatic heterocycles. The van der Waals surface area contributed by atoms with Crippen LogP contribution in [0.3, 0.4) is 0 Å². The molecule has 0 heterocycles. The summed E-state index contributed by atoms with van der Waals surface area (Å²) in [6.07, 6.45) is 1.71. The summed E-state index contributed by atoms with van der Waals surface area (Å²) >= 11 is 0. The molecule has 2 nitrogen and oxygen atoms in total. The van der Waals surface area contributed by atoms with Gasteiger partial charge < -0.3 is 5.32 Å². The predicted molar refractivity (Wildman–Crippen MR) is 70.0 cm³/mol. The molecule has 0 saturated heterocycles. The maximum absolute atomic E-state index is 13.0. The zero-order valence-corrected chi connectivity index (χ0v) is 11.5. The molecule has 0 aliphatic heterocycles. The number of hydrogen-bond donors (Lipinski definition) is 1. The first-order chi connectivity index (χ1) is 8.54. The normalized spacial score (nSPS) is 14.4. The Labute approximate surface area is 109 Å². The van der Waals surface area contributed by atoms with Crippen LogP contribution in [-0.4, -0.2) is 22.5 Å². The first-order valence-electron chi connectivity index (χ1n) is 6.11. The summed E-state index contributed by atoms with van der Waals surface area (Å²) < 4.78 is 37.5. The lowest BCUT2D eigenvalue weighted by atomic mass is 10.2. The molecule has 102 valence electrons. The van der Waals surface area contributed by atoms with Crippen LogP contribution < -0.4 is 5.32 Å². The molecule has 2 atom stereocenters. The number of halogens is 2. The summed E-state index contributed by atoms with van der Waals surface area (Å²) in [5.41, 5.74) is 0. The van der Waals surface area contributed by atoms with Gasteiger partial charge in [0.15, 0.2) is 11.6 Å². The van der Waals surface area contributed by atoms with Gasteiger partial charge in [0.25, 0.3) is 0 Å². The Bertz CT molecular complexity index is 412. The molecule has 2 unspecified atom stereocenters. The third kappa shape index (κ3) is 4.82. The van der Waals surface area contributed by atoms with E-state index in [-0.39, 0.29) is 0 Å². The minimum absolute atomic E-state index is 0.352. The summed E-state index contributed by atoms with van der Waals surface area (Å²) in [7, 11) is -1.26. The highest BCUT2D eigenvalue weighted by Crippen LogP contribution is 2.13. The van der Waals surface area contributed by atoms with E-state index in [1.165, 1.54) is 6.07 Å². The molecule has 18 heavy (non-hydrogen) atoms. The summed E-state index contributed by atoms with van der Waals surface area (Å²) in [6.45, 7) is 5.02. The number of nitrogens with one attached hydrogen (secondary N) is 1. The minimum atomic E-state index is -1.26. The third-order valence-electron chi connectivity index (χ3n) is 2.67. The maximum atomic E-state index is 13.0.